The Morgan fingerprint density at radius 3 is 2.10 bits per heavy atom. The van der Waals surface area contributed by atoms with Crippen LogP contribution in [0.1, 0.15) is 30.6 Å². The molecule has 0 saturated carbocycles. The Morgan fingerprint density at radius 1 is 0.867 bits per heavy atom. The maximum Gasteiger partial charge on any atom is 0.242 e. The fourth-order valence-electron chi connectivity index (χ4n) is 2.85. The van der Waals surface area contributed by atoms with Crippen molar-refractivity contribution in [3.63, 3.8) is 0 Å². The first-order chi connectivity index (χ1) is 14.5. The number of amides is 2. The van der Waals surface area contributed by atoms with Gasteiger partial charge in [-0.2, -0.15) is 0 Å². The van der Waals surface area contributed by atoms with Crippen molar-refractivity contribution in [1.82, 2.24) is 0 Å². The number of hydrogen-bond donors (Lipinski definition) is 2. The lowest BCUT2D eigenvalue weighted by Gasteiger charge is -2.17. The van der Waals surface area contributed by atoms with Crippen molar-refractivity contribution in [3.8, 4) is 0 Å². The Balaban J connectivity index is 1.75. The molecule has 0 aliphatic rings. The Bertz CT molecular complexity index is 976. The monoisotopic (exact) mass is 530 g/mol. The molecule has 1 atom stereocenters. The van der Waals surface area contributed by atoms with Crippen LogP contribution in [-0.4, -0.2) is 11.8 Å². The van der Waals surface area contributed by atoms with E-state index in [-0.39, 0.29) is 11.8 Å². The number of carbonyl (C=O) groups excluding carboxylic acids is 2. The maximum absolute atomic E-state index is 13.1. The Kier molecular flexibility index (Phi) is 8.33. The van der Waals surface area contributed by atoms with Crippen molar-refractivity contribution < 1.29 is 9.59 Å². The molecule has 0 saturated heterocycles. The van der Waals surface area contributed by atoms with Crippen molar-refractivity contribution in [2.45, 2.75) is 29.9 Å². The number of rotatable bonds is 8. The number of hydrogen-bond acceptors (Lipinski definition) is 3. The minimum atomic E-state index is -0.397. The predicted octanol–water partition coefficient (Wildman–Crippen LogP) is 6.50. The van der Waals surface area contributed by atoms with Crippen molar-refractivity contribution in [3.05, 3.63) is 88.0 Å². The molecule has 30 heavy (non-hydrogen) atoms. The van der Waals surface area contributed by atoms with Crippen molar-refractivity contribution in [1.29, 1.82) is 0 Å². The number of carbonyl (C=O) groups is 2. The lowest BCUT2D eigenvalue weighted by molar-refractivity contribution is -0.116. The van der Waals surface area contributed by atoms with Crippen LogP contribution < -0.4 is 10.6 Å². The summed E-state index contributed by atoms with van der Waals surface area (Å²) in [6.45, 7) is 1.98. The van der Waals surface area contributed by atoms with Gasteiger partial charge in [-0.1, -0.05) is 37.3 Å². The second kappa shape index (κ2) is 11.2. The van der Waals surface area contributed by atoms with E-state index >= 15 is 0 Å². The van der Waals surface area contributed by atoms with Crippen molar-refractivity contribution in [2.75, 3.05) is 10.6 Å². The summed E-state index contributed by atoms with van der Waals surface area (Å²) >= 11 is 3.72. The topological polar surface area (TPSA) is 58.2 Å². The summed E-state index contributed by atoms with van der Waals surface area (Å²) in [4.78, 5) is 25.8. The average Bonchev–Trinajstić information content (AvgIpc) is 2.75. The lowest BCUT2D eigenvalue weighted by Crippen LogP contribution is -2.19. The van der Waals surface area contributed by atoms with E-state index in [2.05, 4.69) is 33.2 Å². The molecule has 0 aliphatic heterocycles. The van der Waals surface area contributed by atoms with Crippen LogP contribution in [0.15, 0.2) is 83.8 Å². The highest BCUT2D eigenvalue weighted by Gasteiger charge is 2.22. The molecule has 0 fully saturated rings. The van der Waals surface area contributed by atoms with Gasteiger partial charge < -0.3 is 10.6 Å². The van der Waals surface area contributed by atoms with E-state index in [1.165, 1.54) is 11.8 Å². The summed E-state index contributed by atoms with van der Waals surface area (Å²) in [6, 6.07) is 25.1. The van der Waals surface area contributed by atoms with Crippen molar-refractivity contribution >= 4 is 57.5 Å². The quantitative estimate of drug-likeness (QED) is 0.258. The highest BCUT2D eigenvalue weighted by atomic mass is 127. The van der Waals surface area contributed by atoms with Crippen LogP contribution in [0, 0.1) is 3.57 Å². The van der Waals surface area contributed by atoms with E-state index < -0.39 is 5.25 Å². The molecule has 0 heterocycles. The molecule has 2 N–H and O–H groups in total. The predicted molar refractivity (Wildman–Crippen MR) is 133 cm³/mol. The molecule has 3 rings (SSSR count). The summed E-state index contributed by atoms with van der Waals surface area (Å²) in [5.41, 5.74) is 2.47. The van der Waals surface area contributed by atoms with Gasteiger partial charge in [0.2, 0.25) is 11.8 Å². The maximum atomic E-state index is 13.1. The Morgan fingerprint density at radius 2 is 1.47 bits per heavy atom. The molecule has 2 amide bonds. The minimum Gasteiger partial charge on any atom is -0.326 e. The third kappa shape index (κ3) is 6.60. The number of benzene rings is 3. The first-order valence-electron chi connectivity index (χ1n) is 9.73. The van der Waals surface area contributed by atoms with Gasteiger partial charge in [0.1, 0.15) is 5.25 Å². The van der Waals surface area contributed by atoms with Gasteiger partial charge in [0.25, 0.3) is 0 Å². The normalized spacial score (nSPS) is 11.5. The number of anilines is 2. The second-order valence-electron chi connectivity index (χ2n) is 6.73. The number of halogens is 1. The number of thioether (sulfide) groups is 1. The van der Waals surface area contributed by atoms with Crippen LogP contribution in [0.3, 0.4) is 0 Å². The van der Waals surface area contributed by atoms with Crippen LogP contribution in [0.25, 0.3) is 0 Å². The molecule has 0 aliphatic carbocycles. The van der Waals surface area contributed by atoms with E-state index in [9.17, 15) is 9.59 Å². The molecule has 4 nitrogen and oxygen atoms in total. The van der Waals surface area contributed by atoms with Gasteiger partial charge in [-0.3, -0.25) is 9.59 Å². The lowest BCUT2D eigenvalue weighted by atomic mass is 10.1. The van der Waals surface area contributed by atoms with Crippen molar-refractivity contribution in [2.24, 2.45) is 0 Å². The Labute approximate surface area is 195 Å². The van der Waals surface area contributed by atoms with Gasteiger partial charge in [-0.05, 0) is 83.1 Å². The van der Waals surface area contributed by atoms with Crippen LogP contribution >= 0.6 is 34.4 Å². The summed E-state index contributed by atoms with van der Waals surface area (Å²) in [7, 11) is 0. The van der Waals surface area contributed by atoms with E-state index in [0.29, 0.717) is 6.42 Å². The third-order valence-corrected chi connectivity index (χ3v) is 6.31. The molecule has 154 valence electrons. The van der Waals surface area contributed by atoms with E-state index in [1.807, 2.05) is 85.8 Å². The standard InChI is InChI=1S/C24H23IN2O2S/c1-2-6-22(28)26-19-13-15-21(16-14-19)30-23(17-7-4-3-5-8-17)24(29)27-20-11-9-18(25)10-12-20/h3-5,7-16,23H,2,6H2,1H3,(H,26,28)(H,27,29). The highest BCUT2D eigenvalue weighted by Crippen LogP contribution is 2.36. The molecular formula is C24H23IN2O2S. The van der Waals surface area contributed by atoms with Gasteiger partial charge in [-0.15, -0.1) is 11.8 Å². The molecule has 0 bridgehead atoms. The highest BCUT2D eigenvalue weighted by molar-refractivity contribution is 14.1. The molecule has 1 unspecified atom stereocenters. The third-order valence-electron chi connectivity index (χ3n) is 4.32. The summed E-state index contributed by atoms with van der Waals surface area (Å²) in [5.74, 6) is -0.0651. The van der Waals surface area contributed by atoms with Gasteiger partial charge in [0, 0.05) is 26.3 Å². The second-order valence-corrected chi connectivity index (χ2v) is 9.15. The molecule has 6 heteroatoms. The first kappa shape index (κ1) is 22.4. The van der Waals surface area contributed by atoms with Crippen LogP contribution in [0.2, 0.25) is 0 Å². The average molecular weight is 530 g/mol. The summed E-state index contributed by atoms with van der Waals surface area (Å²) in [6.07, 6.45) is 1.32. The molecule has 0 spiro atoms. The van der Waals surface area contributed by atoms with Crippen LogP contribution in [0.4, 0.5) is 11.4 Å². The zero-order valence-corrected chi connectivity index (χ0v) is 19.6. The Hall–Kier alpha value is -2.32. The van der Waals surface area contributed by atoms with Crippen LogP contribution in [-0.2, 0) is 9.59 Å². The summed E-state index contributed by atoms with van der Waals surface area (Å²) < 4.78 is 1.12. The fraction of sp³-hybridized carbons (Fsp3) is 0.167. The van der Waals surface area contributed by atoms with Gasteiger partial charge in [-0.25, -0.2) is 0 Å². The van der Waals surface area contributed by atoms with E-state index in [0.717, 1.165) is 31.8 Å². The number of nitrogens with one attached hydrogen (secondary N) is 2. The summed E-state index contributed by atoms with van der Waals surface area (Å²) in [5, 5.41) is 5.51. The zero-order chi connectivity index (χ0) is 21.3. The van der Waals surface area contributed by atoms with Crippen LogP contribution in [0.5, 0.6) is 0 Å². The first-order valence-corrected chi connectivity index (χ1v) is 11.7. The van der Waals surface area contributed by atoms with E-state index in [1.54, 1.807) is 0 Å². The molecular weight excluding hydrogens is 507 g/mol. The zero-order valence-electron chi connectivity index (χ0n) is 16.6. The van der Waals surface area contributed by atoms with Gasteiger partial charge in [0.05, 0.1) is 0 Å². The van der Waals surface area contributed by atoms with Gasteiger partial charge in [0.15, 0.2) is 0 Å². The molecule has 0 aromatic heterocycles. The minimum absolute atomic E-state index is 0.0111. The molecule has 3 aromatic carbocycles. The molecule has 3 aromatic rings. The largest absolute Gasteiger partial charge is 0.326 e. The fourth-order valence-corrected chi connectivity index (χ4v) is 4.23. The molecule has 0 radical (unpaired) electrons. The smallest absolute Gasteiger partial charge is 0.242 e. The van der Waals surface area contributed by atoms with Gasteiger partial charge >= 0.3 is 0 Å². The SMILES string of the molecule is CCCC(=O)Nc1ccc(SC(C(=O)Nc2ccc(I)cc2)c2ccccc2)cc1. The van der Waals surface area contributed by atoms with E-state index in [4.69, 9.17) is 0 Å².